The van der Waals surface area contributed by atoms with Gasteiger partial charge in [0.15, 0.2) is 0 Å². The van der Waals surface area contributed by atoms with Gasteiger partial charge in [0.2, 0.25) is 5.91 Å². The highest BCUT2D eigenvalue weighted by Crippen LogP contribution is 2.40. The Kier molecular flexibility index (Phi) is 9.17. The summed E-state index contributed by atoms with van der Waals surface area (Å²) in [4.78, 5) is 34.4. The van der Waals surface area contributed by atoms with E-state index in [1.165, 1.54) is 24.3 Å². The molecule has 3 amide bonds. The summed E-state index contributed by atoms with van der Waals surface area (Å²) in [5.41, 5.74) is -0.119. The van der Waals surface area contributed by atoms with E-state index >= 15 is 0 Å². The van der Waals surface area contributed by atoms with Gasteiger partial charge in [0.1, 0.15) is 11.4 Å². The third-order valence-electron chi connectivity index (χ3n) is 10.3. The van der Waals surface area contributed by atoms with E-state index in [-0.39, 0.29) is 42.9 Å². The number of carbonyl (C=O) groups is 2. The fourth-order valence-corrected chi connectivity index (χ4v) is 7.83. The number of hydrogen-bond donors (Lipinski definition) is 1. The lowest BCUT2D eigenvalue weighted by atomic mass is 9.83. The van der Waals surface area contributed by atoms with Gasteiger partial charge in [-0.15, -0.1) is 0 Å². The fourth-order valence-electron chi connectivity index (χ4n) is 7.83. The van der Waals surface area contributed by atoms with E-state index in [1.807, 2.05) is 4.90 Å². The van der Waals surface area contributed by atoms with Gasteiger partial charge in [0.25, 0.3) is 0 Å². The molecule has 2 aromatic carbocycles. The molecule has 46 heavy (non-hydrogen) atoms. The Morgan fingerprint density at radius 1 is 1.00 bits per heavy atom. The normalized spacial score (nSPS) is 25.6. The van der Waals surface area contributed by atoms with E-state index in [4.69, 9.17) is 0 Å². The van der Waals surface area contributed by atoms with Crippen molar-refractivity contribution in [3.8, 4) is 0 Å². The quantitative estimate of drug-likeness (QED) is 0.314. The van der Waals surface area contributed by atoms with Crippen LogP contribution >= 0.6 is 0 Å². The summed E-state index contributed by atoms with van der Waals surface area (Å²) in [6.45, 7) is 7.58. The van der Waals surface area contributed by atoms with Crippen molar-refractivity contribution in [1.29, 1.82) is 0 Å². The number of halogens is 4. The first-order valence-corrected chi connectivity index (χ1v) is 16.3. The topological polar surface area (TPSA) is 67.3 Å². The summed E-state index contributed by atoms with van der Waals surface area (Å²) < 4.78 is 53.3. The number of piperidine rings is 1. The monoisotopic (exact) mass is 642 g/mol. The Morgan fingerprint density at radius 3 is 2.35 bits per heavy atom. The molecule has 1 aliphatic carbocycles. The van der Waals surface area contributed by atoms with Gasteiger partial charge in [-0.2, -0.15) is 13.2 Å². The molecule has 248 valence electrons. The number of likely N-dealkylation sites (tertiary alicyclic amines) is 2. The molecule has 4 fully saturated rings. The van der Waals surface area contributed by atoms with Crippen LogP contribution in [0.2, 0.25) is 0 Å². The molecule has 0 spiro atoms. The number of β-amino-alcohol motifs (C(OH)–C–C–N with tert-alkyl or cyclic N) is 1. The van der Waals surface area contributed by atoms with Crippen molar-refractivity contribution < 1.29 is 32.3 Å². The Bertz CT molecular complexity index is 1440. The largest absolute Gasteiger partial charge is 0.416 e. The van der Waals surface area contributed by atoms with Gasteiger partial charge in [0.05, 0.1) is 12.1 Å². The molecule has 4 aliphatic rings. The van der Waals surface area contributed by atoms with E-state index in [9.17, 15) is 32.3 Å². The van der Waals surface area contributed by atoms with Crippen LogP contribution in [0.1, 0.15) is 55.2 Å². The first kappa shape index (κ1) is 32.5. The Balaban J connectivity index is 1.09. The van der Waals surface area contributed by atoms with Gasteiger partial charge in [-0.1, -0.05) is 43.7 Å². The number of hydrogen-bond acceptors (Lipinski definition) is 4. The van der Waals surface area contributed by atoms with E-state index in [2.05, 4.69) is 11.5 Å². The van der Waals surface area contributed by atoms with Gasteiger partial charge in [-0.3, -0.25) is 4.79 Å². The molecule has 0 aromatic heterocycles. The lowest BCUT2D eigenvalue weighted by Crippen LogP contribution is -2.56. The van der Waals surface area contributed by atoms with Crippen LogP contribution in [-0.2, 0) is 23.1 Å². The van der Waals surface area contributed by atoms with Crippen LogP contribution in [0.15, 0.2) is 60.7 Å². The molecular formula is C35H42F4N4O3. The highest BCUT2D eigenvalue weighted by atomic mass is 19.4. The highest BCUT2D eigenvalue weighted by molar-refractivity contribution is 5.79. The van der Waals surface area contributed by atoms with Crippen molar-refractivity contribution in [2.24, 2.45) is 11.8 Å². The number of carbonyl (C=O) groups excluding carboxylic acids is 2. The SMILES string of the molecule is C=C1CN(Cc2ccc(C(F)(F)F)cc2)C(=O)N(C2CCN(C[C@H]3CN(C(=O)C4CCCC4)C[C@]3(O)c3cccc(F)c3)CC2)C1. The van der Waals surface area contributed by atoms with Crippen molar-refractivity contribution in [3.05, 3.63) is 83.2 Å². The Hall–Kier alpha value is -3.44. The average molecular weight is 643 g/mol. The second kappa shape index (κ2) is 13.0. The first-order valence-electron chi connectivity index (χ1n) is 16.3. The minimum absolute atomic E-state index is 0.0121. The molecule has 2 aromatic rings. The predicted molar refractivity (Wildman–Crippen MR) is 165 cm³/mol. The maximum atomic E-state index is 14.3. The molecule has 0 unspecified atom stereocenters. The summed E-state index contributed by atoms with van der Waals surface area (Å²) in [5, 5.41) is 12.1. The molecule has 1 saturated carbocycles. The van der Waals surface area contributed by atoms with Crippen molar-refractivity contribution in [3.63, 3.8) is 0 Å². The third kappa shape index (κ3) is 6.81. The van der Waals surface area contributed by atoms with Crippen LogP contribution in [-0.4, -0.2) is 88.5 Å². The molecule has 3 heterocycles. The lowest BCUT2D eigenvalue weighted by Gasteiger charge is -2.44. The number of benzene rings is 2. The molecule has 2 atom stereocenters. The van der Waals surface area contributed by atoms with Gasteiger partial charge < -0.3 is 24.7 Å². The van der Waals surface area contributed by atoms with E-state index < -0.39 is 23.2 Å². The second-order valence-corrected chi connectivity index (χ2v) is 13.6. The molecule has 7 nitrogen and oxygen atoms in total. The predicted octanol–water partition coefficient (Wildman–Crippen LogP) is 5.64. The summed E-state index contributed by atoms with van der Waals surface area (Å²) in [5.74, 6) is -0.654. The van der Waals surface area contributed by atoms with Gasteiger partial charge in [0, 0.05) is 63.7 Å². The van der Waals surface area contributed by atoms with E-state index in [0.717, 1.165) is 43.4 Å². The number of urea groups is 1. The van der Waals surface area contributed by atoms with Crippen LogP contribution < -0.4 is 0 Å². The minimum Gasteiger partial charge on any atom is -0.383 e. The van der Waals surface area contributed by atoms with Crippen LogP contribution in [0.25, 0.3) is 0 Å². The standard InChI is InChI=1S/C35H42F4N4O3/c1-24-18-41(20-25-9-11-27(12-10-25)35(37,38)39)33(45)43(19-24)31-13-15-40(16-14-31)21-29-22-42(32(44)26-5-2-3-6-26)23-34(29,46)28-7-4-8-30(36)17-28/h4,7-12,17,26,29,31,46H,1-3,5-6,13-16,18-23H2/t29-,34-/m0/s1. The number of nitrogens with zero attached hydrogens (tertiary/aromatic N) is 4. The molecule has 11 heteroatoms. The number of rotatable bonds is 7. The molecular weight excluding hydrogens is 600 g/mol. The third-order valence-corrected chi connectivity index (χ3v) is 10.3. The maximum absolute atomic E-state index is 14.3. The highest BCUT2D eigenvalue weighted by Gasteiger charge is 2.50. The fraction of sp³-hybridized carbons (Fsp3) is 0.543. The molecule has 3 saturated heterocycles. The summed E-state index contributed by atoms with van der Waals surface area (Å²) in [6, 6.07) is 10.8. The number of alkyl halides is 3. The Labute approximate surface area is 267 Å². The zero-order valence-electron chi connectivity index (χ0n) is 26.0. The minimum atomic E-state index is -4.42. The van der Waals surface area contributed by atoms with Crippen molar-refractivity contribution in [2.45, 2.75) is 62.9 Å². The van der Waals surface area contributed by atoms with Gasteiger partial charge >= 0.3 is 12.2 Å². The summed E-state index contributed by atoms with van der Waals surface area (Å²) >= 11 is 0. The number of amides is 3. The number of aliphatic hydroxyl groups is 1. The molecule has 0 radical (unpaired) electrons. The van der Waals surface area contributed by atoms with Crippen molar-refractivity contribution in [1.82, 2.24) is 19.6 Å². The van der Waals surface area contributed by atoms with Crippen LogP contribution in [0.3, 0.4) is 0 Å². The van der Waals surface area contributed by atoms with Crippen molar-refractivity contribution >= 4 is 11.9 Å². The van der Waals surface area contributed by atoms with Crippen molar-refractivity contribution in [2.75, 3.05) is 45.8 Å². The first-order chi connectivity index (χ1) is 21.9. The summed E-state index contributed by atoms with van der Waals surface area (Å²) in [7, 11) is 0. The maximum Gasteiger partial charge on any atom is 0.416 e. The molecule has 0 bridgehead atoms. The molecule has 6 rings (SSSR count). The lowest BCUT2D eigenvalue weighted by molar-refractivity contribution is -0.137. The summed E-state index contributed by atoms with van der Waals surface area (Å²) in [6.07, 6.45) is 0.825. The van der Waals surface area contributed by atoms with Crippen LogP contribution in [0, 0.1) is 17.7 Å². The molecule has 1 N–H and O–H groups in total. The van der Waals surface area contributed by atoms with Crippen LogP contribution in [0.4, 0.5) is 22.4 Å². The average Bonchev–Trinajstić information content (AvgIpc) is 3.68. The van der Waals surface area contributed by atoms with Crippen LogP contribution in [0.5, 0.6) is 0 Å². The van der Waals surface area contributed by atoms with E-state index in [0.29, 0.717) is 63.2 Å². The van der Waals surface area contributed by atoms with Gasteiger partial charge in [-0.05, 0) is 66.6 Å². The van der Waals surface area contributed by atoms with Gasteiger partial charge in [-0.25, -0.2) is 9.18 Å². The smallest absolute Gasteiger partial charge is 0.383 e. The zero-order valence-corrected chi connectivity index (χ0v) is 26.0. The van der Waals surface area contributed by atoms with E-state index in [1.54, 1.807) is 21.9 Å². The second-order valence-electron chi connectivity index (χ2n) is 13.6. The molecule has 3 aliphatic heterocycles. The Morgan fingerprint density at radius 2 is 1.70 bits per heavy atom. The zero-order chi connectivity index (χ0) is 32.6.